The van der Waals surface area contributed by atoms with E-state index in [1.807, 2.05) is 0 Å². The Labute approximate surface area is 109 Å². The average Bonchev–Trinajstić information content (AvgIpc) is 2.41. The van der Waals surface area contributed by atoms with Gasteiger partial charge in [-0.2, -0.15) is 11.8 Å². The number of halogens is 2. The standard InChI is InChI=1S/C12H16F2N2OS/c1-7-2-3-8(11(14)10(7)13)12(16-15)9-6-18-5-4-17-9/h2-3,9,12,16H,4-6,15H2,1H3. The van der Waals surface area contributed by atoms with Crippen LogP contribution in [0, 0.1) is 18.6 Å². The monoisotopic (exact) mass is 274 g/mol. The summed E-state index contributed by atoms with van der Waals surface area (Å²) in [6.45, 7) is 2.13. The number of nitrogens with one attached hydrogen (secondary N) is 1. The summed E-state index contributed by atoms with van der Waals surface area (Å²) in [7, 11) is 0. The van der Waals surface area contributed by atoms with Crippen molar-refractivity contribution in [3.8, 4) is 0 Å². The summed E-state index contributed by atoms with van der Waals surface area (Å²) in [5.41, 5.74) is 3.03. The van der Waals surface area contributed by atoms with Crippen LogP contribution in [0.15, 0.2) is 12.1 Å². The Balaban J connectivity index is 2.29. The third-order valence-electron chi connectivity index (χ3n) is 3.03. The first-order valence-corrected chi connectivity index (χ1v) is 6.90. The lowest BCUT2D eigenvalue weighted by Gasteiger charge is -2.30. The van der Waals surface area contributed by atoms with Crippen molar-refractivity contribution in [1.82, 2.24) is 5.43 Å². The first kappa shape index (κ1) is 13.7. The van der Waals surface area contributed by atoms with Gasteiger partial charge in [0.05, 0.1) is 18.8 Å². The fraction of sp³-hybridized carbons (Fsp3) is 0.500. The summed E-state index contributed by atoms with van der Waals surface area (Å²) >= 11 is 1.72. The van der Waals surface area contributed by atoms with Crippen molar-refractivity contribution < 1.29 is 13.5 Å². The highest BCUT2D eigenvalue weighted by Gasteiger charge is 2.28. The fourth-order valence-corrected chi connectivity index (χ4v) is 2.90. The average molecular weight is 274 g/mol. The summed E-state index contributed by atoms with van der Waals surface area (Å²) in [5.74, 6) is 5.42. The lowest BCUT2D eigenvalue weighted by atomic mass is 10.00. The second kappa shape index (κ2) is 5.97. The molecule has 0 spiro atoms. The summed E-state index contributed by atoms with van der Waals surface area (Å²) in [5, 5.41) is 0. The molecule has 1 aliphatic rings. The van der Waals surface area contributed by atoms with Crippen LogP contribution in [-0.4, -0.2) is 24.2 Å². The molecule has 18 heavy (non-hydrogen) atoms. The predicted molar refractivity (Wildman–Crippen MR) is 68.2 cm³/mol. The molecule has 1 aromatic carbocycles. The minimum Gasteiger partial charge on any atom is -0.374 e. The van der Waals surface area contributed by atoms with Gasteiger partial charge in [0.2, 0.25) is 0 Å². The Morgan fingerprint density at radius 2 is 2.22 bits per heavy atom. The summed E-state index contributed by atoms with van der Waals surface area (Å²) in [6.07, 6.45) is -0.245. The number of aryl methyl sites for hydroxylation is 1. The van der Waals surface area contributed by atoms with Crippen LogP contribution >= 0.6 is 11.8 Å². The van der Waals surface area contributed by atoms with E-state index in [2.05, 4.69) is 5.43 Å². The van der Waals surface area contributed by atoms with Crippen LogP contribution in [-0.2, 0) is 4.74 Å². The zero-order chi connectivity index (χ0) is 13.1. The second-order valence-electron chi connectivity index (χ2n) is 4.23. The molecule has 3 N–H and O–H groups in total. The molecule has 0 bridgehead atoms. The van der Waals surface area contributed by atoms with E-state index in [1.54, 1.807) is 23.9 Å². The van der Waals surface area contributed by atoms with Gasteiger partial charge in [-0.15, -0.1) is 0 Å². The number of nitrogens with two attached hydrogens (primary N) is 1. The number of hydrogen-bond acceptors (Lipinski definition) is 4. The molecule has 1 aliphatic heterocycles. The van der Waals surface area contributed by atoms with E-state index in [9.17, 15) is 8.78 Å². The number of rotatable bonds is 3. The lowest BCUT2D eigenvalue weighted by Crippen LogP contribution is -2.41. The number of benzene rings is 1. The van der Waals surface area contributed by atoms with Gasteiger partial charge >= 0.3 is 0 Å². The SMILES string of the molecule is Cc1ccc(C(NN)C2CSCCO2)c(F)c1F. The van der Waals surface area contributed by atoms with Crippen molar-refractivity contribution in [2.24, 2.45) is 5.84 Å². The molecular weight excluding hydrogens is 258 g/mol. The molecule has 2 rings (SSSR count). The van der Waals surface area contributed by atoms with Crippen LogP contribution in [0.3, 0.4) is 0 Å². The Hall–Kier alpha value is -0.690. The largest absolute Gasteiger partial charge is 0.374 e. The van der Waals surface area contributed by atoms with Crippen molar-refractivity contribution in [1.29, 1.82) is 0 Å². The molecule has 3 nitrogen and oxygen atoms in total. The third-order valence-corrected chi connectivity index (χ3v) is 4.05. The molecule has 0 amide bonds. The van der Waals surface area contributed by atoms with Crippen molar-refractivity contribution in [2.45, 2.75) is 19.1 Å². The Morgan fingerprint density at radius 1 is 1.44 bits per heavy atom. The molecule has 1 fully saturated rings. The number of thioether (sulfide) groups is 1. The zero-order valence-electron chi connectivity index (χ0n) is 10.1. The highest BCUT2D eigenvalue weighted by Crippen LogP contribution is 2.28. The van der Waals surface area contributed by atoms with Crippen LogP contribution in [0.25, 0.3) is 0 Å². The van der Waals surface area contributed by atoms with E-state index in [4.69, 9.17) is 10.6 Å². The number of hydrogen-bond donors (Lipinski definition) is 2. The van der Waals surface area contributed by atoms with Crippen molar-refractivity contribution in [2.75, 3.05) is 18.1 Å². The molecule has 0 saturated carbocycles. The Bertz CT molecular complexity index is 425. The molecule has 2 atom stereocenters. The van der Waals surface area contributed by atoms with Gasteiger partial charge in [-0.1, -0.05) is 12.1 Å². The maximum atomic E-state index is 13.9. The predicted octanol–water partition coefficient (Wildman–Crippen LogP) is 1.91. The van der Waals surface area contributed by atoms with Crippen LogP contribution in [0.4, 0.5) is 8.78 Å². The molecule has 0 aliphatic carbocycles. The molecule has 1 heterocycles. The smallest absolute Gasteiger partial charge is 0.164 e. The second-order valence-corrected chi connectivity index (χ2v) is 5.38. The lowest BCUT2D eigenvalue weighted by molar-refractivity contribution is 0.0457. The van der Waals surface area contributed by atoms with Crippen molar-refractivity contribution >= 4 is 11.8 Å². The van der Waals surface area contributed by atoms with Gasteiger partial charge in [0, 0.05) is 17.1 Å². The van der Waals surface area contributed by atoms with Crippen LogP contribution in [0.2, 0.25) is 0 Å². The van der Waals surface area contributed by atoms with E-state index in [0.717, 1.165) is 5.75 Å². The van der Waals surface area contributed by atoms with Crippen LogP contribution in [0.1, 0.15) is 17.2 Å². The van der Waals surface area contributed by atoms with E-state index in [0.29, 0.717) is 12.4 Å². The fourth-order valence-electron chi connectivity index (χ4n) is 2.00. The van der Waals surface area contributed by atoms with Gasteiger partial charge in [-0.05, 0) is 12.5 Å². The van der Waals surface area contributed by atoms with Crippen molar-refractivity contribution in [3.63, 3.8) is 0 Å². The van der Waals surface area contributed by atoms with E-state index < -0.39 is 17.7 Å². The molecule has 0 radical (unpaired) electrons. The topological polar surface area (TPSA) is 47.3 Å². The van der Waals surface area contributed by atoms with Crippen molar-refractivity contribution in [3.05, 3.63) is 34.9 Å². The Morgan fingerprint density at radius 3 is 2.83 bits per heavy atom. The van der Waals surface area contributed by atoms with E-state index >= 15 is 0 Å². The molecule has 1 aromatic rings. The summed E-state index contributed by atoms with van der Waals surface area (Å²) < 4.78 is 33.0. The normalized spacial score (nSPS) is 21.9. The highest BCUT2D eigenvalue weighted by molar-refractivity contribution is 7.99. The zero-order valence-corrected chi connectivity index (χ0v) is 10.9. The maximum Gasteiger partial charge on any atom is 0.164 e. The third kappa shape index (κ3) is 2.66. The van der Waals surface area contributed by atoms with E-state index in [-0.39, 0.29) is 17.2 Å². The highest BCUT2D eigenvalue weighted by atomic mass is 32.2. The quantitative estimate of drug-likeness (QED) is 0.653. The van der Waals surface area contributed by atoms with Gasteiger partial charge in [0.1, 0.15) is 0 Å². The van der Waals surface area contributed by atoms with Crippen LogP contribution in [0.5, 0.6) is 0 Å². The van der Waals surface area contributed by atoms with Gasteiger partial charge < -0.3 is 4.74 Å². The minimum absolute atomic E-state index is 0.216. The van der Waals surface area contributed by atoms with Gasteiger partial charge in [-0.3, -0.25) is 11.3 Å². The maximum absolute atomic E-state index is 13.9. The minimum atomic E-state index is -0.850. The van der Waals surface area contributed by atoms with Gasteiger partial charge in [0.15, 0.2) is 11.6 Å². The molecule has 1 saturated heterocycles. The molecule has 2 unspecified atom stereocenters. The first-order valence-electron chi connectivity index (χ1n) is 5.75. The van der Waals surface area contributed by atoms with Gasteiger partial charge in [-0.25, -0.2) is 8.78 Å². The number of hydrazine groups is 1. The molecular formula is C12H16F2N2OS. The Kier molecular flexibility index (Phi) is 4.55. The number of ether oxygens (including phenoxy) is 1. The first-order chi connectivity index (χ1) is 8.65. The molecule has 0 aromatic heterocycles. The molecule has 6 heteroatoms. The summed E-state index contributed by atoms with van der Waals surface area (Å²) in [6, 6.07) is 2.57. The van der Waals surface area contributed by atoms with E-state index in [1.165, 1.54) is 6.92 Å². The van der Waals surface area contributed by atoms with Crippen LogP contribution < -0.4 is 11.3 Å². The summed E-state index contributed by atoms with van der Waals surface area (Å²) in [4.78, 5) is 0. The molecule has 100 valence electrons. The van der Waals surface area contributed by atoms with Gasteiger partial charge in [0.25, 0.3) is 0 Å².